The molecule has 0 aromatic heterocycles. The third kappa shape index (κ3) is 2.77. The Morgan fingerprint density at radius 1 is 1.14 bits per heavy atom. The lowest BCUT2D eigenvalue weighted by molar-refractivity contribution is 0.0743. The molecule has 0 fully saturated rings. The molecule has 2 aromatic rings. The van der Waals surface area contributed by atoms with Crippen molar-refractivity contribution in [3.05, 3.63) is 64.7 Å². The van der Waals surface area contributed by atoms with Crippen molar-refractivity contribution in [3.63, 3.8) is 0 Å². The molecular weight excluding hydrogens is 262 g/mol. The van der Waals surface area contributed by atoms with E-state index in [9.17, 15) is 9.90 Å². The molecule has 3 heteroatoms. The molecule has 0 aliphatic carbocycles. The Bertz CT molecular complexity index is 679. The molecule has 0 radical (unpaired) electrons. The normalized spacial score (nSPS) is 14.4. The van der Waals surface area contributed by atoms with Crippen LogP contribution in [0.25, 0.3) is 0 Å². The Morgan fingerprint density at radius 2 is 1.90 bits per heavy atom. The van der Waals surface area contributed by atoms with Crippen LogP contribution in [0.5, 0.6) is 5.75 Å². The van der Waals surface area contributed by atoms with Crippen LogP contribution >= 0.6 is 0 Å². The van der Waals surface area contributed by atoms with Crippen LogP contribution in [0.3, 0.4) is 0 Å². The van der Waals surface area contributed by atoms with Gasteiger partial charge in [0.15, 0.2) is 0 Å². The monoisotopic (exact) mass is 281 g/mol. The maximum atomic E-state index is 12.7. The quantitative estimate of drug-likeness (QED) is 0.871. The zero-order valence-corrected chi connectivity index (χ0v) is 12.2. The second-order valence-corrected chi connectivity index (χ2v) is 5.62. The van der Waals surface area contributed by atoms with Crippen LogP contribution in [0.1, 0.15) is 33.5 Å². The van der Waals surface area contributed by atoms with Crippen LogP contribution < -0.4 is 0 Å². The maximum absolute atomic E-state index is 12.7. The standard InChI is InChI=1S/C18H19NO2/c1-13-8-9-16(17(20)11-13)18(21)19-10-4-7-14-5-2-3-6-15(14)12-19/h2-3,5-6,8-9,11,20H,4,7,10,12H2,1H3. The Kier molecular flexibility index (Phi) is 3.65. The lowest BCUT2D eigenvalue weighted by atomic mass is 10.0. The van der Waals surface area contributed by atoms with Crippen LogP contribution in [0.15, 0.2) is 42.5 Å². The number of aryl methyl sites for hydroxylation is 2. The van der Waals surface area contributed by atoms with Gasteiger partial charge in [0.1, 0.15) is 5.75 Å². The topological polar surface area (TPSA) is 40.5 Å². The second kappa shape index (κ2) is 5.60. The molecule has 1 aliphatic rings. The van der Waals surface area contributed by atoms with E-state index in [1.54, 1.807) is 12.1 Å². The van der Waals surface area contributed by atoms with Crippen LogP contribution in [-0.4, -0.2) is 22.5 Å². The van der Waals surface area contributed by atoms with E-state index in [1.807, 2.05) is 30.0 Å². The van der Waals surface area contributed by atoms with E-state index in [1.165, 1.54) is 11.1 Å². The molecule has 21 heavy (non-hydrogen) atoms. The van der Waals surface area contributed by atoms with E-state index in [4.69, 9.17) is 0 Å². The van der Waals surface area contributed by atoms with Crippen molar-refractivity contribution in [3.8, 4) is 5.75 Å². The number of carbonyl (C=O) groups is 1. The number of phenolic OH excluding ortho intramolecular Hbond substituents is 1. The molecular formula is C18H19NO2. The predicted octanol–water partition coefficient (Wildman–Crippen LogP) is 3.29. The molecule has 0 saturated carbocycles. The summed E-state index contributed by atoms with van der Waals surface area (Å²) in [5.41, 5.74) is 3.86. The van der Waals surface area contributed by atoms with Crippen LogP contribution in [0.2, 0.25) is 0 Å². The largest absolute Gasteiger partial charge is 0.507 e. The van der Waals surface area contributed by atoms with Crippen molar-refractivity contribution < 1.29 is 9.90 Å². The van der Waals surface area contributed by atoms with Crippen LogP contribution in [0, 0.1) is 6.92 Å². The van der Waals surface area contributed by atoms with Gasteiger partial charge in [-0.1, -0.05) is 30.3 Å². The molecule has 0 atom stereocenters. The molecule has 0 bridgehead atoms. The fourth-order valence-electron chi connectivity index (χ4n) is 2.87. The first-order valence-electron chi connectivity index (χ1n) is 7.31. The van der Waals surface area contributed by atoms with E-state index in [-0.39, 0.29) is 11.7 Å². The summed E-state index contributed by atoms with van der Waals surface area (Å²) in [5.74, 6) is -0.0262. The van der Waals surface area contributed by atoms with Gasteiger partial charge in [0.25, 0.3) is 5.91 Å². The first-order chi connectivity index (χ1) is 10.1. The van der Waals surface area contributed by atoms with Gasteiger partial charge in [-0.05, 0) is 48.6 Å². The summed E-state index contributed by atoms with van der Waals surface area (Å²) in [6.45, 7) is 3.24. The Labute approximate surface area is 124 Å². The van der Waals surface area contributed by atoms with E-state index < -0.39 is 0 Å². The minimum absolute atomic E-state index is 0.0672. The molecule has 1 aliphatic heterocycles. The fourth-order valence-corrected chi connectivity index (χ4v) is 2.87. The maximum Gasteiger partial charge on any atom is 0.257 e. The number of fused-ring (bicyclic) bond motifs is 1. The van der Waals surface area contributed by atoms with Crippen LogP contribution in [0.4, 0.5) is 0 Å². The molecule has 2 aromatic carbocycles. The average molecular weight is 281 g/mol. The summed E-state index contributed by atoms with van der Waals surface area (Å²) < 4.78 is 0. The number of benzene rings is 2. The second-order valence-electron chi connectivity index (χ2n) is 5.62. The van der Waals surface area contributed by atoms with Gasteiger partial charge in [-0.2, -0.15) is 0 Å². The van der Waals surface area contributed by atoms with Crippen molar-refractivity contribution in [1.29, 1.82) is 0 Å². The Morgan fingerprint density at radius 3 is 2.67 bits per heavy atom. The van der Waals surface area contributed by atoms with E-state index in [0.29, 0.717) is 12.1 Å². The molecule has 3 nitrogen and oxygen atoms in total. The van der Waals surface area contributed by atoms with Gasteiger partial charge in [-0.15, -0.1) is 0 Å². The number of nitrogens with zero attached hydrogens (tertiary/aromatic N) is 1. The highest BCUT2D eigenvalue weighted by atomic mass is 16.3. The van der Waals surface area contributed by atoms with Gasteiger partial charge in [0.2, 0.25) is 0 Å². The van der Waals surface area contributed by atoms with Crippen molar-refractivity contribution >= 4 is 5.91 Å². The molecule has 3 rings (SSSR count). The number of rotatable bonds is 1. The summed E-state index contributed by atoms with van der Waals surface area (Å²) in [7, 11) is 0. The van der Waals surface area contributed by atoms with E-state index in [2.05, 4.69) is 12.1 Å². The number of amides is 1. The molecule has 1 amide bonds. The van der Waals surface area contributed by atoms with Gasteiger partial charge >= 0.3 is 0 Å². The highest BCUT2D eigenvalue weighted by molar-refractivity contribution is 5.96. The molecule has 0 saturated heterocycles. The molecule has 1 heterocycles. The van der Waals surface area contributed by atoms with Gasteiger partial charge in [-0.25, -0.2) is 0 Å². The van der Waals surface area contributed by atoms with Crippen molar-refractivity contribution in [2.24, 2.45) is 0 Å². The number of hydrogen-bond donors (Lipinski definition) is 1. The van der Waals surface area contributed by atoms with E-state index >= 15 is 0 Å². The number of phenols is 1. The number of carbonyl (C=O) groups excluding carboxylic acids is 1. The molecule has 108 valence electrons. The summed E-state index contributed by atoms with van der Waals surface area (Å²) in [6, 6.07) is 13.5. The zero-order valence-electron chi connectivity index (χ0n) is 12.2. The van der Waals surface area contributed by atoms with Gasteiger partial charge in [0, 0.05) is 13.1 Å². The average Bonchev–Trinajstić information content (AvgIpc) is 2.68. The van der Waals surface area contributed by atoms with Crippen molar-refractivity contribution in [2.75, 3.05) is 6.54 Å². The summed E-state index contributed by atoms with van der Waals surface area (Å²) in [4.78, 5) is 14.5. The number of aromatic hydroxyl groups is 1. The molecule has 1 N–H and O–H groups in total. The Hall–Kier alpha value is -2.29. The first kappa shape index (κ1) is 13.7. The summed E-state index contributed by atoms with van der Waals surface area (Å²) in [6.07, 6.45) is 1.95. The molecule has 0 spiro atoms. The molecule has 0 unspecified atom stereocenters. The SMILES string of the molecule is Cc1ccc(C(=O)N2CCCc3ccccc3C2)c(O)c1. The smallest absolute Gasteiger partial charge is 0.257 e. The lowest BCUT2D eigenvalue weighted by Gasteiger charge is -2.21. The van der Waals surface area contributed by atoms with Gasteiger partial charge in [0.05, 0.1) is 5.56 Å². The zero-order chi connectivity index (χ0) is 14.8. The van der Waals surface area contributed by atoms with Gasteiger partial charge < -0.3 is 10.0 Å². The van der Waals surface area contributed by atoms with Crippen LogP contribution in [-0.2, 0) is 13.0 Å². The summed E-state index contributed by atoms with van der Waals surface area (Å²) >= 11 is 0. The fraction of sp³-hybridized carbons (Fsp3) is 0.278. The lowest BCUT2D eigenvalue weighted by Crippen LogP contribution is -2.30. The highest BCUT2D eigenvalue weighted by Crippen LogP contribution is 2.24. The highest BCUT2D eigenvalue weighted by Gasteiger charge is 2.22. The minimum Gasteiger partial charge on any atom is -0.507 e. The van der Waals surface area contributed by atoms with Crippen molar-refractivity contribution in [2.45, 2.75) is 26.3 Å². The van der Waals surface area contributed by atoms with Gasteiger partial charge in [-0.3, -0.25) is 4.79 Å². The van der Waals surface area contributed by atoms with Crippen molar-refractivity contribution in [1.82, 2.24) is 4.90 Å². The summed E-state index contributed by atoms with van der Waals surface area (Å²) in [5, 5.41) is 10.0. The third-order valence-electron chi connectivity index (χ3n) is 4.02. The minimum atomic E-state index is -0.0933. The van der Waals surface area contributed by atoms with E-state index in [0.717, 1.165) is 24.9 Å². The third-order valence-corrected chi connectivity index (χ3v) is 4.02. The Balaban J connectivity index is 1.88. The first-order valence-corrected chi connectivity index (χ1v) is 7.31. The predicted molar refractivity (Wildman–Crippen MR) is 82.3 cm³/mol. The number of hydrogen-bond acceptors (Lipinski definition) is 2.